The minimum Gasteiger partial charge on any atom is -0.504 e. The number of hydrogen-bond donors (Lipinski definition) is 3. The molecule has 122 valence electrons. The fourth-order valence-electron chi connectivity index (χ4n) is 3.10. The molecule has 0 aliphatic carbocycles. The number of aromatic hydroxyl groups is 2. The molecule has 1 unspecified atom stereocenters. The van der Waals surface area contributed by atoms with E-state index in [1.807, 2.05) is 12.1 Å². The monoisotopic (exact) mass is 315 g/mol. The molecule has 1 atom stereocenters. The zero-order chi connectivity index (χ0) is 16.4. The predicted octanol–water partition coefficient (Wildman–Crippen LogP) is 2.54. The highest BCUT2D eigenvalue weighted by atomic mass is 16.5. The normalized spacial score (nSPS) is 16.7. The summed E-state index contributed by atoms with van der Waals surface area (Å²) >= 11 is 0. The second kappa shape index (κ2) is 6.38. The largest absolute Gasteiger partial charge is 0.504 e. The maximum absolute atomic E-state index is 10.1. The number of phenolic OH excluding ortho intramolecular Hbond substituents is 2. The van der Waals surface area contributed by atoms with Gasteiger partial charge in [0.2, 0.25) is 0 Å². The zero-order valence-corrected chi connectivity index (χ0v) is 13.3. The van der Waals surface area contributed by atoms with Crippen LogP contribution < -0.4 is 14.8 Å². The molecule has 23 heavy (non-hydrogen) atoms. The van der Waals surface area contributed by atoms with E-state index in [0.717, 1.165) is 30.5 Å². The van der Waals surface area contributed by atoms with E-state index in [2.05, 4.69) is 5.32 Å². The molecule has 0 saturated heterocycles. The quantitative estimate of drug-likeness (QED) is 0.809. The van der Waals surface area contributed by atoms with Crippen molar-refractivity contribution in [2.75, 3.05) is 20.8 Å². The first-order valence-corrected chi connectivity index (χ1v) is 7.61. The molecule has 0 bridgehead atoms. The van der Waals surface area contributed by atoms with Crippen LogP contribution >= 0.6 is 0 Å². The van der Waals surface area contributed by atoms with Crippen LogP contribution in [0.1, 0.15) is 22.7 Å². The second-order valence-electron chi connectivity index (χ2n) is 5.69. The van der Waals surface area contributed by atoms with Gasteiger partial charge in [-0.2, -0.15) is 0 Å². The molecule has 0 aromatic heterocycles. The maximum atomic E-state index is 10.1. The summed E-state index contributed by atoms with van der Waals surface area (Å²) < 4.78 is 10.3. The number of rotatable bonds is 4. The molecular formula is C18H21NO4. The summed E-state index contributed by atoms with van der Waals surface area (Å²) in [4.78, 5) is 0. The molecular weight excluding hydrogens is 294 g/mol. The average molecular weight is 315 g/mol. The summed E-state index contributed by atoms with van der Waals surface area (Å²) in [6.07, 6.45) is 1.62. The van der Waals surface area contributed by atoms with Gasteiger partial charge >= 0.3 is 0 Å². The van der Waals surface area contributed by atoms with E-state index >= 15 is 0 Å². The molecule has 3 N–H and O–H groups in total. The van der Waals surface area contributed by atoms with Gasteiger partial charge in [0, 0.05) is 6.04 Å². The molecule has 1 heterocycles. The SMILES string of the molecule is COc1ccc(CC2NCCc3cc(OC)c(O)cc32)cc1O. The van der Waals surface area contributed by atoms with Crippen LogP contribution in [0.2, 0.25) is 0 Å². The lowest BCUT2D eigenvalue weighted by Crippen LogP contribution is -2.31. The molecule has 2 aromatic carbocycles. The van der Waals surface area contributed by atoms with Gasteiger partial charge in [-0.1, -0.05) is 6.07 Å². The molecule has 5 nitrogen and oxygen atoms in total. The van der Waals surface area contributed by atoms with Crippen molar-refractivity contribution in [3.05, 3.63) is 47.0 Å². The van der Waals surface area contributed by atoms with Gasteiger partial charge in [-0.15, -0.1) is 0 Å². The van der Waals surface area contributed by atoms with E-state index in [1.165, 1.54) is 12.7 Å². The highest BCUT2D eigenvalue weighted by Crippen LogP contribution is 2.36. The van der Waals surface area contributed by atoms with Crippen LogP contribution in [-0.4, -0.2) is 31.0 Å². The van der Waals surface area contributed by atoms with Crippen molar-refractivity contribution in [2.45, 2.75) is 18.9 Å². The van der Waals surface area contributed by atoms with Crippen LogP contribution in [0.15, 0.2) is 30.3 Å². The Morgan fingerprint density at radius 3 is 2.48 bits per heavy atom. The number of phenols is 2. The van der Waals surface area contributed by atoms with Crippen molar-refractivity contribution >= 4 is 0 Å². The maximum Gasteiger partial charge on any atom is 0.160 e. The Labute approximate surface area is 135 Å². The van der Waals surface area contributed by atoms with E-state index in [0.29, 0.717) is 11.5 Å². The Morgan fingerprint density at radius 2 is 1.78 bits per heavy atom. The molecule has 1 aliphatic rings. The van der Waals surface area contributed by atoms with Crippen molar-refractivity contribution in [3.8, 4) is 23.0 Å². The third-order valence-corrected chi connectivity index (χ3v) is 4.28. The summed E-state index contributed by atoms with van der Waals surface area (Å²) in [7, 11) is 3.09. The molecule has 0 spiro atoms. The molecule has 3 rings (SSSR count). The first-order chi connectivity index (χ1) is 11.1. The van der Waals surface area contributed by atoms with Crippen molar-refractivity contribution in [1.82, 2.24) is 5.32 Å². The van der Waals surface area contributed by atoms with Crippen LogP contribution in [0.3, 0.4) is 0 Å². The minimum absolute atomic E-state index is 0.0864. The summed E-state index contributed by atoms with van der Waals surface area (Å²) in [5.41, 5.74) is 3.26. The van der Waals surface area contributed by atoms with Crippen molar-refractivity contribution in [3.63, 3.8) is 0 Å². The second-order valence-corrected chi connectivity index (χ2v) is 5.69. The number of fused-ring (bicyclic) bond motifs is 1. The Bertz CT molecular complexity index is 714. The molecule has 0 amide bonds. The fraction of sp³-hybridized carbons (Fsp3) is 0.333. The van der Waals surface area contributed by atoms with Crippen LogP contribution in [0.25, 0.3) is 0 Å². The molecule has 0 fully saturated rings. The van der Waals surface area contributed by atoms with Crippen molar-refractivity contribution < 1.29 is 19.7 Å². The summed E-state index contributed by atoms with van der Waals surface area (Å²) in [6.45, 7) is 0.869. The Balaban J connectivity index is 1.88. The van der Waals surface area contributed by atoms with Crippen LogP contribution in [0.5, 0.6) is 23.0 Å². The van der Waals surface area contributed by atoms with E-state index in [4.69, 9.17) is 9.47 Å². The number of ether oxygens (including phenoxy) is 2. The lowest BCUT2D eigenvalue weighted by atomic mass is 9.90. The van der Waals surface area contributed by atoms with Crippen molar-refractivity contribution in [1.29, 1.82) is 0 Å². The fourth-order valence-corrected chi connectivity index (χ4v) is 3.10. The lowest BCUT2D eigenvalue weighted by molar-refractivity contribution is 0.369. The average Bonchev–Trinajstić information content (AvgIpc) is 2.55. The van der Waals surface area contributed by atoms with Gasteiger partial charge in [-0.3, -0.25) is 0 Å². The summed E-state index contributed by atoms with van der Waals surface area (Å²) in [6, 6.07) is 9.19. The van der Waals surface area contributed by atoms with Gasteiger partial charge in [0.25, 0.3) is 0 Å². The Hall–Kier alpha value is -2.40. The highest BCUT2D eigenvalue weighted by molar-refractivity contribution is 5.49. The minimum atomic E-state index is 0.0864. The van der Waals surface area contributed by atoms with E-state index in [-0.39, 0.29) is 17.5 Å². The molecule has 1 aliphatic heterocycles. The number of methoxy groups -OCH3 is 2. The number of hydrogen-bond acceptors (Lipinski definition) is 5. The Kier molecular flexibility index (Phi) is 4.30. The van der Waals surface area contributed by atoms with Crippen molar-refractivity contribution in [2.24, 2.45) is 0 Å². The highest BCUT2D eigenvalue weighted by Gasteiger charge is 2.22. The molecule has 0 saturated carbocycles. The number of nitrogens with one attached hydrogen (secondary N) is 1. The zero-order valence-electron chi connectivity index (χ0n) is 13.3. The summed E-state index contributed by atoms with van der Waals surface area (Å²) in [5, 5.41) is 23.5. The lowest BCUT2D eigenvalue weighted by Gasteiger charge is -2.28. The predicted molar refractivity (Wildman–Crippen MR) is 87.5 cm³/mol. The molecule has 0 radical (unpaired) electrons. The third kappa shape index (κ3) is 3.05. The molecule has 5 heteroatoms. The van der Waals surface area contributed by atoms with Crippen LogP contribution in [0.4, 0.5) is 0 Å². The van der Waals surface area contributed by atoms with Gasteiger partial charge in [-0.05, 0) is 60.3 Å². The molecule has 2 aromatic rings. The van der Waals surface area contributed by atoms with Gasteiger partial charge < -0.3 is 25.0 Å². The first-order valence-electron chi connectivity index (χ1n) is 7.61. The van der Waals surface area contributed by atoms with Gasteiger partial charge in [0.15, 0.2) is 23.0 Å². The van der Waals surface area contributed by atoms with E-state index in [1.54, 1.807) is 25.3 Å². The van der Waals surface area contributed by atoms with Gasteiger partial charge in [0.05, 0.1) is 14.2 Å². The Morgan fingerprint density at radius 1 is 1.04 bits per heavy atom. The summed E-state index contributed by atoms with van der Waals surface area (Å²) in [5.74, 6) is 1.26. The number of benzene rings is 2. The van der Waals surface area contributed by atoms with E-state index < -0.39 is 0 Å². The first kappa shape index (κ1) is 15.5. The third-order valence-electron chi connectivity index (χ3n) is 4.28. The standard InChI is InChI=1S/C18H21NO4/c1-22-17-4-3-11(8-15(17)20)7-14-13-10-16(21)18(23-2)9-12(13)5-6-19-14/h3-4,8-10,14,19-21H,5-7H2,1-2H3. The van der Waals surface area contributed by atoms with Gasteiger partial charge in [0.1, 0.15) is 0 Å². The van der Waals surface area contributed by atoms with E-state index in [9.17, 15) is 10.2 Å². The van der Waals surface area contributed by atoms with Crippen LogP contribution in [0, 0.1) is 0 Å². The van der Waals surface area contributed by atoms with Crippen LogP contribution in [-0.2, 0) is 12.8 Å². The topological polar surface area (TPSA) is 71.0 Å². The van der Waals surface area contributed by atoms with Gasteiger partial charge in [-0.25, -0.2) is 0 Å². The smallest absolute Gasteiger partial charge is 0.160 e.